The van der Waals surface area contributed by atoms with Crippen molar-refractivity contribution < 1.29 is 17.0 Å². The third-order valence-corrected chi connectivity index (χ3v) is 5.54. The lowest BCUT2D eigenvalue weighted by Crippen LogP contribution is -3.00. The molecule has 24 heavy (non-hydrogen) atoms. The highest BCUT2D eigenvalue weighted by atomic mass is 35.5. The molecule has 0 saturated heterocycles. The highest BCUT2D eigenvalue weighted by Crippen LogP contribution is 2.36. The quantitative estimate of drug-likeness (QED) is 0.824. The van der Waals surface area contributed by atoms with E-state index in [2.05, 4.69) is 55.8 Å². The summed E-state index contributed by atoms with van der Waals surface area (Å²) in [5.74, 6) is 3.39. The van der Waals surface area contributed by atoms with Crippen LogP contribution < -0.4 is 17.7 Å². The predicted molar refractivity (Wildman–Crippen MR) is 99.0 cm³/mol. The van der Waals surface area contributed by atoms with E-state index in [-0.39, 0.29) is 12.4 Å². The van der Waals surface area contributed by atoms with Crippen LogP contribution in [0.5, 0.6) is 0 Å². The molecule has 1 heterocycles. The molecule has 0 atom stereocenters. The fraction of sp³-hybridized carbons (Fsp3) is 0.667. The Morgan fingerprint density at radius 3 is 2.08 bits per heavy atom. The van der Waals surface area contributed by atoms with E-state index in [1.165, 1.54) is 54.8 Å². The first kappa shape index (κ1) is 19.3. The van der Waals surface area contributed by atoms with Gasteiger partial charge in [-0.1, -0.05) is 65.2 Å². The Morgan fingerprint density at radius 2 is 1.54 bits per heavy atom. The molecule has 0 radical (unpaired) electrons. The molecule has 1 aromatic rings. The second kappa shape index (κ2) is 8.38. The summed E-state index contributed by atoms with van der Waals surface area (Å²) in [6.07, 6.45) is 6.93. The van der Waals surface area contributed by atoms with Gasteiger partial charge in [-0.05, 0) is 24.7 Å². The van der Waals surface area contributed by atoms with Gasteiger partial charge >= 0.3 is 0 Å². The number of rotatable bonds is 4. The van der Waals surface area contributed by atoms with Crippen molar-refractivity contribution in [3.63, 3.8) is 0 Å². The SMILES string of the molecule is CC(C)c1cccc(C(C)C)c1[N+]1=C(C2CCCCC2)NCC1.[Cl-]. The number of para-hydroxylation sites is 1. The van der Waals surface area contributed by atoms with E-state index in [4.69, 9.17) is 0 Å². The lowest BCUT2D eigenvalue weighted by atomic mass is 9.87. The Kier molecular flexibility index (Phi) is 6.74. The van der Waals surface area contributed by atoms with E-state index in [0.717, 1.165) is 19.0 Å². The van der Waals surface area contributed by atoms with Crippen LogP contribution >= 0.6 is 0 Å². The van der Waals surface area contributed by atoms with Gasteiger partial charge in [0.2, 0.25) is 0 Å². The minimum Gasteiger partial charge on any atom is -1.00 e. The first-order chi connectivity index (χ1) is 11.1. The number of nitrogens with one attached hydrogen (secondary N) is 1. The molecule has 3 rings (SSSR count). The fourth-order valence-corrected chi connectivity index (χ4v) is 4.31. The zero-order chi connectivity index (χ0) is 16.4. The van der Waals surface area contributed by atoms with Crippen molar-refractivity contribution in [3.8, 4) is 0 Å². The third-order valence-electron chi connectivity index (χ3n) is 5.54. The Hall–Kier alpha value is -1.02. The molecule has 0 unspecified atom stereocenters. The lowest BCUT2D eigenvalue weighted by Gasteiger charge is -2.23. The van der Waals surface area contributed by atoms with Crippen LogP contribution in [0.3, 0.4) is 0 Å². The molecule has 3 heteroatoms. The molecule has 1 fully saturated rings. The zero-order valence-electron chi connectivity index (χ0n) is 15.7. The van der Waals surface area contributed by atoms with Gasteiger partial charge in [0.25, 0.3) is 5.84 Å². The Labute approximate surface area is 154 Å². The second-order valence-electron chi connectivity index (χ2n) is 7.89. The fourth-order valence-electron chi connectivity index (χ4n) is 4.31. The Bertz CT molecular complexity index is 557. The minimum atomic E-state index is 0. The molecular weight excluding hydrogens is 316 g/mol. The van der Waals surface area contributed by atoms with E-state index >= 15 is 0 Å². The highest BCUT2D eigenvalue weighted by molar-refractivity contribution is 5.82. The summed E-state index contributed by atoms with van der Waals surface area (Å²) >= 11 is 0. The number of hydrogen-bond acceptors (Lipinski definition) is 1. The van der Waals surface area contributed by atoms with E-state index in [1.807, 2.05) is 0 Å². The van der Waals surface area contributed by atoms with Gasteiger partial charge in [0, 0.05) is 11.1 Å². The molecule has 0 spiro atoms. The first-order valence-corrected chi connectivity index (χ1v) is 9.60. The van der Waals surface area contributed by atoms with Crippen molar-refractivity contribution in [2.45, 2.75) is 71.6 Å². The maximum atomic E-state index is 3.75. The van der Waals surface area contributed by atoms with E-state index in [1.54, 1.807) is 0 Å². The summed E-state index contributed by atoms with van der Waals surface area (Å²) in [6, 6.07) is 6.92. The van der Waals surface area contributed by atoms with Gasteiger partial charge in [-0.2, -0.15) is 0 Å². The van der Waals surface area contributed by atoms with Crippen LogP contribution in [-0.2, 0) is 0 Å². The molecule has 2 aliphatic rings. The van der Waals surface area contributed by atoms with Crippen LogP contribution in [0, 0.1) is 5.92 Å². The van der Waals surface area contributed by atoms with Crippen molar-refractivity contribution in [3.05, 3.63) is 29.3 Å². The average molecular weight is 349 g/mol. The van der Waals surface area contributed by atoms with Crippen molar-refractivity contribution >= 4 is 11.5 Å². The van der Waals surface area contributed by atoms with E-state index in [0.29, 0.717) is 11.8 Å². The van der Waals surface area contributed by atoms with Crippen molar-refractivity contribution in [2.75, 3.05) is 13.1 Å². The van der Waals surface area contributed by atoms with Crippen LogP contribution in [0.25, 0.3) is 0 Å². The molecule has 2 nitrogen and oxygen atoms in total. The summed E-state index contributed by atoms with van der Waals surface area (Å²) < 4.78 is 2.64. The summed E-state index contributed by atoms with van der Waals surface area (Å²) in [5.41, 5.74) is 4.52. The molecule has 1 aromatic carbocycles. The maximum Gasteiger partial charge on any atom is 0.253 e. The van der Waals surface area contributed by atoms with Gasteiger partial charge in [0.05, 0.1) is 5.92 Å². The molecule has 1 aliphatic heterocycles. The molecular formula is C21H33ClN2. The van der Waals surface area contributed by atoms with Crippen molar-refractivity contribution in [1.82, 2.24) is 5.32 Å². The van der Waals surface area contributed by atoms with Gasteiger partial charge in [-0.25, -0.2) is 4.58 Å². The van der Waals surface area contributed by atoms with Crippen LogP contribution in [0.4, 0.5) is 5.69 Å². The second-order valence-corrected chi connectivity index (χ2v) is 7.89. The average Bonchev–Trinajstić information content (AvgIpc) is 3.04. The van der Waals surface area contributed by atoms with Gasteiger partial charge in [-0.3, -0.25) is 5.32 Å². The van der Waals surface area contributed by atoms with Crippen LogP contribution in [0.15, 0.2) is 18.2 Å². The minimum absolute atomic E-state index is 0. The maximum absolute atomic E-state index is 3.75. The summed E-state index contributed by atoms with van der Waals surface area (Å²) in [5, 5.41) is 3.75. The zero-order valence-corrected chi connectivity index (χ0v) is 16.5. The monoisotopic (exact) mass is 348 g/mol. The molecule has 0 amide bonds. The number of halogens is 1. The Morgan fingerprint density at radius 1 is 0.958 bits per heavy atom. The van der Waals surface area contributed by atoms with Gasteiger partial charge in [-0.15, -0.1) is 0 Å². The number of hydrogen-bond donors (Lipinski definition) is 1. The predicted octanol–water partition coefficient (Wildman–Crippen LogP) is 2.16. The van der Waals surface area contributed by atoms with E-state index < -0.39 is 0 Å². The van der Waals surface area contributed by atoms with Crippen molar-refractivity contribution in [2.24, 2.45) is 5.92 Å². The number of benzene rings is 1. The van der Waals surface area contributed by atoms with Crippen LogP contribution in [0.1, 0.15) is 82.8 Å². The number of nitrogens with zero attached hydrogens (tertiary/aromatic N) is 1. The summed E-state index contributed by atoms with van der Waals surface area (Å²) in [6.45, 7) is 11.5. The van der Waals surface area contributed by atoms with Gasteiger partial charge in [0.1, 0.15) is 18.8 Å². The molecule has 1 saturated carbocycles. The van der Waals surface area contributed by atoms with E-state index in [9.17, 15) is 0 Å². The largest absolute Gasteiger partial charge is 1.00 e. The molecule has 0 aromatic heterocycles. The molecule has 1 aliphatic carbocycles. The van der Waals surface area contributed by atoms with Gasteiger partial charge in [0.15, 0.2) is 0 Å². The van der Waals surface area contributed by atoms with Crippen LogP contribution in [0.2, 0.25) is 0 Å². The van der Waals surface area contributed by atoms with Crippen LogP contribution in [-0.4, -0.2) is 23.5 Å². The normalized spacial score (nSPS) is 18.9. The number of amidine groups is 1. The molecule has 134 valence electrons. The molecule has 0 bridgehead atoms. The van der Waals surface area contributed by atoms with Gasteiger partial charge < -0.3 is 12.4 Å². The lowest BCUT2D eigenvalue weighted by molar-refractivity contribution is -0.433. The third kappa shape index (κ3) is 3.79. The summed E-state index contributed by atoms with van der Waals surface area (Å²) in [4.78, 5) is 0. The topological polar surface area (TPSA) is 15.0 Å². The Balaban J connectivity index is 0.00000208. The smallest absolute Gasteiger partial charge is 0.253 e. The standard InChI is InChI=1S/C21H32N2.ClH/c1-15(2)18-11-8-12-19(16(3)4)20(18)23-14-13-22-21(23)17-9-6-5-7-10-17;/h8,11-12,15-17H,5-7,9-10,13-14H2,1-4H3;1H. The first-order valence-electron chi connectivity index (χ1n) is 9.60. The summed E-state index contributed by atoms with van der Waals surface area (Å²) in [7, 11) is 0. The molecule has 1 N–H and O–H groups in total. The van der Waals surface area contributed by atoms with Crippen molar-refractivity contribution in [1.29, 1.82) is 0 Å². The highest BCUT2D eigenvalue weighted by Gasteiger charge is 2.33.